The summed E-state index contributed by atoms with van der Waals surface area (Å²) in [7, 11) is -3.93. The van der Waals surface area contributed by atoms with Crippen LogP contribution in [0.2, 0.25) is 0 Å². The van der Waals surface area contributed by atoms with Gasteiger partial charge in [-0.25, -0.2) is 13.4 Å². The molecule has 1 aromatic heterocycles. The highest BCUT2D eigenvalue weighted by Gasteiger charge is 2.21. The quantitative estimate of drug-likeness (QED) is 0.324. The second-order valence-electron chi connectivity index (χ2n) is 7.38. The Morgan fingerprint density at radius 2 is 1.87 bits per heavy atom. The molecule has 0 N–H and O–H groups in total. The average Bonchev–Trinajstić information content (AvgIpc) is 2.77. The maximum Gasteiger partial charge on any atom is 0.306 e. The zero-order valence-corrected chi connectivity index (χ0v) is 18.9. The van der Waals surface area contributed by atoms with Gasteiger partial charge in [0.15, 0.2) is 20.6 Å². The molecule has 6 nitrogen and oxygen atoms in total. The summed E-state index contributed by atoms with van der Waals surface area (Å²) in [5.41, 5.74) is 0.845. The number of carbonyl (C=O) groups is 1. The minimum absolute atomic E-state index is 0.133. The average molecular weight is 452 g/mol. The number of esters is 1. The van der Waals surface area contributed by atoms with Gasteiger partial charge in [0, 0.05) is 0 Å². The maximum atomic E-state index is 14.2. The lowest BCUT2D eigenvalue weighted by atomic mass is 10.0. The number of halogens is 1. The number of hydrogen-bond donors (Lipinski definition) is 0. The first-order chi connectivity index (χ1) is 14.9. The van der Waals surface area contributed by atoms with E-state index in [1.165, 1.54) is 12.1 Å². The predicted octanol–water partition coefficient (Wildman–Crippen LogP) is 4.72. The third-order valence-electron chi connectivity index (χ3n) is 4.94. The molecule has 0 saturated carbocycles. The SMILES string of the molecule is CCCCC(CC)COC(=O)CCS(=O)(=O)c1ccc(OCc2ccccc2)c(F)n1. The topological polar surface area (TPSA) is 82.6 Å². The number of sulfone groups is 1. The van der Waals surface area contributed by atoms with Crippen LogP contribution in [0, 0.1) is 11.9 Å². The van der Waals surface area contributed by atoms with Gasteiger partial charge < -0.3 is 9.47 Å². The van der Waals surface area contributed by atoms with E-state index < -0.39 is 32.5 Å². The Bertz CT molecular complexity index is 934. The Morgan fingerprint density at radius 3 is 2.52 bits per heavy atom. The van der Waals surface area contributed by atoms with Crippen molar-refractivity contribution in [2.24, 2.45) is 5.92 Å². The molecule has 1 aromatic carbocycles. The van der Waals surface area contributed by atoms with Crippen molar-refractivity contribution in [1.29, 1.82) is 0 Å². The normalized spacial score (nSPS) is 12.4. The lowest BCUT2D eigenvalue weighted by Gasteiger charge is -2.14. The molecule has 0 bridgehead atoms. The summed E-state index contributed by atoms with van der Waals surface area (Å²) in [6, 6.07) is 11.6. The largest absolute Gasteiger partial charge is 0.484 e. The van der Waals surface area contributed by atoms with Crippen molar-refractivity contribution >= 4 is 15.8 Å². The van der Waals surface area contributed by atoms with E-state index in [2.05, 4.69) is 11.9 Å². The van der Waals surface area contributed by atoms with Crippen LogP contribution >= 0.6 is 0 Å². The van der Waals surface area contributed by atoms with Crippen molar-refractivity contribution in [2.75, 3.05) is 12.4 Å². The van der Waals surface area contributed by atoms with E-state index >= 15 is 0 Å². The molecule has 2 aromatic rings. The Hall–Kier alpha value is -2.48. The van der Waals surface area contributed by atoms with Gasteiger partial charge in [0.1, 0.15) is 6.61 Å². The highest BCUT2D eigenvalue weighted by molar-refractivity contribution is 7.91. The van der Waals surface area contributed by atoms with Crippen molar-refractivity contribution in [3.63, 3.8) is 0 Å². The number of ether oxygens (including phenoxy) is 2. The molecule has 0 radical (unpaired) electrons. The van der Waals surface area contributed by atoms with Crippen LogP contribution < -0.4 is 4.74 Å². The summed E-state index contributed by atoms with van der Waals surface area (Å²) >= 11 is 0. The summed E-state index contributed by atoms with van der Waals surface area (Å²) in [6.07, 6.45) is 3.70. The predicted molar refractivity (Wildman–Crippen MR) is 116 cm³/mol. The summed E-state index contributed by atoms with van der Waals surface area (Å²) in [5, 5.41) is -0.431. The van der Waals surface area contributed by atoms with Crippen molar-refractivity contribution in [1.82, 2.24) is 4.98 Å². The Kier molecular flexibility index (Phi) is 9.91. The zero-order valence-electron chi connectivity index (χ0n) is 18.1. The van der Waals surface area contributed by atoms with E-state index in [0.717, 1.165) is 31.2 Å². The smallest absolute Gasteiger partial charge is 0.306 e. The van der Waals surface area contributed by atoms with E-state index in [1.54, 1.807) is 0 Å². The molecule has 1 atom stereocenters. The molecule has 0 spiro atoms. The van der Waals surface area contributed by atoms with Gasteiger partial charge in [0.2, 0.25) is 0 Å². The summed E-state index contributed by atoms with van der Waals surface area (Å²) < 4.78 is 49.7. The number of nitrogens with zero attached hydrogens (tertiary/aromatic N) is 1. The van der Waals surface area contributed by atoms with E-state index in [9.17, 15) is 17.6 Å². The number of carbonyl (C=O) groups excluding carboxylic acids is 1. The molecule has 170 valence electrons. The van der Waals surface area contributed by atoms with Crippen LogP contribution in [-0.4, -0.2) is 31.7 Å². The molecular formula is C23H30FNO5S. The molecule has 2 rings (SSSR count). The number of hydrogen-bond acceptors (Lipinski definition) is 6. The first-order valence-electron chi connectivity index (χ1n) is 10.6. The molecule has 0 fully saturated rings. The van der Waals surface area contributed by atoms with E-state index in [0.29, 0.717) is 0 Å². The van der Waals surface area contributed by atoms with Gasteiger partial charge in [-0.2, -0.15) is 4.39 Å². The number of rotatable bonds is 13. The molecular weight excluding hydrogens is 421 g/mol. The second-order valence-corrected chi connectivity index (χ2v) is 9.44. The molecule has 1 heterocycles. The Morgan fingerprint density at radius 1 is 1.13 bits per heavy atom. The minimum atomic E-state index is -3.93. The fourth-order valence-corrected chi connectivity index (χ4v) is 4.06. The lowest BCUT2D eigenvalue weighted by molar-refractivity contribution is -0.144. The van der Waals surface area contributed by atoms with Crippen LogP contribution in [0.1, 0.15) is 51.5 Å². The number of benzene rings is 1. The molecule has 0 aliphatic carbocycles. The molecule has 0 aliphatic heterocycles. The third kappa shape index (κ3) is 8.28. The summed E-state index contributed by atoms with van der Waals surface area (Å²) in [5.74, 6) is -1.95. The van der Waals surface area contributed by atoms with E-state index in [1.807, 2.05) is 37.3 Å². The highest BCUT2D eigenvalue weighted by Crippen LogP contribution is 2.20. The number of unbranched alkanes of at least 4 members (excludes halogenated alkanes) is 1. The summed E-state index contributed by atoms with van der Waals surface area (Å²) in [6.45, 7) is 4.55. The maximum absolute atomic E-state index is 14.2. The minimum Gasteiger partial charge on any atom is -0.484 e. The third-order valence-corrected chi connectivity index (χ3v) is 6.55. The van der Waals surface area contributed by atoms with Crippen molar-refractivity contribution in [3.8, 4) is 5.75 Å². The second kappa shape index (κ2) is 12.4. The van der Waals surface area contributed by atoms with Crippen molar-refractivity contribution in [2.45, 2.75) is 57.6 Å². The molecule has 0 amide bonds. The van der Waals surface area contributed by atoms with E-state index in [-0.39, 0.29) is 31.3 Å². The number of aromatic nitrogens is 1. The van der Waals surface area contributed by atoms with Gasteiger partial charge in [0.25, 0.3) is 5.95 Å². The van der Waals surface area contributed by atoms with Gasteiger partial charge in [-0.15, -0.1) is 0 Å². The summed E-state index contributed by atoms with van der Waals surface area (Å²) in [4.78, 5) is 15.5. The van der Waals surface area contributed by atoms with Crippen LogP contribution in [0.25, 0.3) is 0 Å². The van der Waals surface area contributed by atoms with Gasteiger partial charge in [0.05, 0.1) is 18.8 Å². The standard InChI is InChI=1S/C23H30FNO5S/c1-3-5-9-18(4-2)16-30-22(26)14-15-31(27,28)21-13-12-20(23(24)25-21)29-17-19-10-7-6-8-11-19/h6-8,10-13,18H,3-5,9,14-17H2,1-2H3. The van der Waals surface area contributed by atoms with Crippen LogP contribution in [0.15, 0.2) is 47.5 Å². The fraction of sp³-hybridized carbons (Fsp3) is 0.478. The van der Waals surface area contributed by atoms with Gasteiger partial charge in [-0.05, 0) is 30.0 Å². The monoisotopic (exact) mass is 451 g/mol. The number of pyridine rings is 1. The van der Waals surface area contributed by atoms with Crippen LogP contribution in [0.3, 0.4) is 0 Å². The molecule has 0 aliphatic rings. The van der Waals surface area contributed by atoms with Crippen molar-refractivity contribution < 1.29 is 27.1 Å². The first-order valence-corrected chi connectivity index (χ1v) is 12.2. The van der Waals surface area contributed by atoms with Crippen LogP contribution in [0.4, 0.5) is 4.39 Å². The van der Waals surface area contributed by atoms with Crippen LogP contribution in [-0.2, 0) is 26.0 Å². The Balaban J connectivity index is 1.88. The molecule has 1 unspecified atom stereocenters. The van der Waals surface area contributed by atoms with Gasteiger partial charge in [-0.3, -0.25) is 4.79 Å². The van der Waals surface area contributed by atoms with Crippen LogP contribution in [0.5, 0.6) is 5.75 Å². The fourth-order valence-electron chi connectivity index (χ4n) is 2.92. The molecule has 0 saturated heterocycles. The van der Waals surface area contributed by atoms with Crippen molar-refractivity contribution in [3.05, 3.63) is 54.0 Å². The molecule has 31 heavy (non-hydrogen) atoms. The highest BCUT2D eigenvalue weighted by atomic mass is 32.2. The lowest BCUT2D eigenvalue weighted by Crippen LogP contribution is -2.18. The van der Waals surface area contributed by atoms with E-state index in [4.69, 9.17) is 9.47 Å². The van der Waals surface area contributed by atoms with Gasteiger partial charge >= 0.3 is 5.97 Å². The molecule has 8 heteroatoms. The van der Waals surface area contributed by atoms with Gasteiger partial charge in [-0.1, -0.05) is 63.4 Å². The Labute approximate surface area is 183 Å². The first kappa shape index (κ1) is 24.8. The zero-order chi connectivity index (χ0) is 22.7.